The number of nitrogens with one attached hydrogen (secondary N) is 1. The van der Waals surface area contributed by atoms with Crippen LogP contribution in [0.1, 0.15) is 25.3 Å². The normalized spacial score (nSPS) is 26.5. The van der Waals surface area contributed by atoms with Gasteiger partial charge in [-0.1, -0.05) is 30.3 Å². The first-order valence-corrected chi connectivity index (χ1v) is 6.63. The van der Waals surface area contributed by atoms with Gasteiger partial charge in [-0.25, -0.2) is 0 Å². The second kappa shape index (κ2) is 5.99. The van der Waals surface area contributed by atoms with Gasteiger partial charge in [0.25, 0.3) is 0 Å². The average Bonchev–Trinajstić information content (AvgIpc) is 2.40. The number of hydrogen-bond donors (Lipinski definition) is 1. The van der Waals surface area contributed by atoms with Gasteiger partial charge in [0, 0.05) is 31.7 Å². The summed E-state index contributed by atoms with van der Waals surface area (Å²) in [7, 11) is 0. The first-order chi connectivity index (χ1) is 8.72. The van der Waals surface area contributed by atoms with Crippen LogP contribution in [0.15, 0.2) is 30.3 Å². The Morgan fingerprint density at radius 3 is 2.44 bits per heavy atom. The summed E-state index contributed by atoms with van der Waals surface area (Å²) in [4.78, 5) is 2.44. The molecule has 2 rings (SSSR count). The predicted molar refractivity (Wildman–Crippen MR) is 73.3 cm³/mol. The molecule has 3 atom stereocenters. The predicted octanol–water partition coefficient (Wildman–Crippen LogP) is 1.98. The van der Waals surface area contributed by atoms with E-state index in [-0.39, 0.29) is 5.92 Å². The first-order valence-electron chi connectivity index (χ1n) is 6.63. The Bertz CT molecular complexity index is 399. The summed E-state index contributed by atoms with van der Waals surface area (Å²) in [5, 5.41) is 12.8. The van der Waals surface area contributed by atoms with Gasteiger partial charge in [0.2, 0.25) is 0 Å². The summed E-state index contributed by atoms with van der Waals surface area (Å²) in [6, 6.07) is 13.5. The maximum Gasteiger partial charge on any atom is 0.0839 e. The standard InChI is InChI=1S/C15H21N3/c1-12-9-17-10-13(2)18(12)11-15(8-16)14-6-4-3-5-7-14/h3-7,12-13,15,17H,9-11H2,1-2H3. The van der Waals surface area contributed by atoms with Crippen molar-refractivity contribution in [2.24, 2.45) is 0 Å². The molecule has 0 bridgehead atoms. The minimum Gasteiger partial charge on any atom is -0.314 e. The summed E-state index contributed by atoms with van der Waals surface area (Å²) in [6.07, 6.45) is 0. The van der Waals surface area contributed by atoms with E-state index in [9.17, 15) is 5.26 Å². The third-order valence-corrected chi connectivity index (χ3v) is 3.76. The van der Waals surface area contributed by atoms with Crippen molar-refractivity contribution in [2.45, 2.75) is 31.8 Å². The molecule has 0 aliphatic carbocycles. The molecule has 1 fully saturated rings. The second-order valence-electron chi connectivity index (χ2n) is 5.15. The van der Waals surface area contributed by atoms with Crippen LogP contribution in [0.5, 0.6) is 0 Å². The number of benzene rings is 1. The van der Waals surface area contributed by atoms with Gasteiger partial charge in [-0.05, 0) is 19.4 Å². The molecule has 18 heavy (non-hydrogen) atoms. The monoisotopic (exact) mass is 243 g/mol. The Morgan fingerprint density at radius 2 is 1.89 bits per heavy atom. The Kier molecular flexibility index (Phi) is 4.35. The molecule has 1 aliphatic heterocycles. The zero-order valence-corrected chi connectivity index (χ0v) is 11.1. The number of nitriles is 1. The molecule has 1 aliphatic rings. The number of piperazine rings is 1. The smallest absolute Gasteiger partial charge is 0.0839 e. The maximum absolute atomic E-state index is 9.39. The number of nitrogens with zero attached hydrogens (tertiary/aromatic N) is 2. The Balaban J connectivity index is 2.09. The summed E-state index contributed by atoms with van der Waals surface area (Å²) < 4.78 is 0. The van der Waals surface area contributed by atoms with Crippen molar-refractivity contribution in [2.75, 3.05) is 19.6 Å². The lowest BCUT2D eigenvalue weighted by Crippen LogP contribution is -2.55. The van der Waals surface area contributed by atoms with Gasteiger partial charge < -0.3 is 5.32 Å². The van der Waals surface area contributed by atoms with Gasteiger partial charge >= 0.3 is 0 Å². The van der Waals surface area contributed by atoms with Gasteiger partial charge in [-0.3, -0.25) is 4.90 Å². The fourth-order valence-electron chi connectivity index (χ4n) is 2.65. The lowest BCUT2D eigenvalue weighted by atomic mass is 9.98. The minimum atomic E-state index is -0.0331. The average molecular weight is 243 g/mol. The molecule has 0 spiro atoms. The maximum atomic E-state index is 9.39. The quantitative estimate of drug-likeness (QED) is 0.882. The van der Waals surface area contributed by atoms with Gasteiger partial charge in [0.15, 0.2) is 0 Å². The van der Waals surface area contributed by atoms with Crippen LogP contribution in [-0.2, 0) is 0 Å². The molecule has 3 nitrogen and oxygen atoms in total. The van der Waals surface area contributed by atoms with E-state index in [1.807, 2.05) is 30.3 Å². The highest BCUT2D eigenvalue weighted by Crippen LogP contribution is 2.20. The molecule has 0 amide bonds. The Morgan fingerprint density at radius 1 is 1.28 bits per heavy atom. The zero-order valence-electron chi connectivity index (χ0n) is 11.1. The molecule has 1 N–H and O–H groups in total. The van der Waals surface area contributed by atoms with E-state index >= 15 is 0 Å². The van der Waals surface area contributed by atoms with Crippen LogP contribution < -0.4 is 5.32 Å². The SMILES string of the molecule is CC1CNCC(C)N1CC(C#N)c1ccccc1. The van der Waals surface area contributed by atoms with Crippen LogP contribution in [0.25, 0.3) is 0 Å². The van der Waals surface area contributed by atoms with Gasteiger partial charge in [-0.2, -0.15) is 5.26 Å². The van der Waals surface area contributed by atoms with Crippen molar-refractivity contribution in [1.29, 1.82) is 5.26 Å². The molecule has 1 saturated heterocycles. The highest BCUT2D eigenvalue weighted by atomic mass is 15.2. The molecule has 3 unspecified atom stereocenters. The third kappa shape index (κ3) is 2.90. The van der Waals surface area contributed by atoms with Crippen molar-refractivity contribution in [1.82, 2.24) is 10.2 Å². The molecular formula is C15H21N3. The van der Waals surface area contributed by atoms with E-state index in [1.54, 1.807) is 0 Å². The van der Waals surface area contributed by atoms with E-state index < -0.39 is 0 Å². The van der Waals surface area contributed by atoms with Crippen LogP contribution in [-0.4, -0.2) is 36.6 Å². The van der Waals surface area contributed by atoms with E-state index in [0.717, 1.165) is 25.2 Å². The van der Waals surface area contributed by atoms with Crippen LogP contribution in [0.3, 0.4) is 0 Å². The Labute approximate surface area is 109 Å². The fraction of sp³-hybridized carbons (Fsp3) is 0.533. The molecule has 0 radical (unpaired) electrons. The molecule has 1 aromatic carbocycles. The number of rotatable bonds is 3. The largest absolute Gasteiger partial charge is 0.314 e. The molecule has 0 aromatic heterocycles. The molecule has 96 valence electrons. The van der Waals surface area contributed by atoms with Gasteiger partial charge in [-0.15, -0.1) is 0 Å². The van der Waals surface area contributed by atoms with Crippen molar-refractivity contribution in [3.05, 3.63) is 35.9 Å². The third-order valence-electron chi connectivity index (χ3n) is 3.76. The van der Waals surface area contributed by atoms with Gasteiger partial charge in [0.1, 0.15) is 0 Å². The summed E-state index contributed by atoms with van der Waals surface area (Å²) in [6.45, 7) is 7.29. The van der Waals surface area contributed by atoms with E-state index in [1.165, 1.54) is 0 Å². The van der Waals surface area contributed by atoms with Crippen LogP contribution in [0, 0.1) is 11.3 Å². The van der Waals surface area contributed by atoms with E-state index in [0.29, 0.717) is 12.1 Å². The lowest BCUT2D eigenvalue weighted by molar-refractivity contribution is 0.114. The minimum absolute atomic E-state index is 0.0331. The molecule has 3 heteroatoms. The molecule has 1 aromatic rings. The molecular weight excluding hydrogens is 222 g/mol. The van der Waals surface area contributed by atoms with Crippen molar-refractivity contribution in [3.63, 3.8) is 0 Å². The zero-order chi connectivity index (χ0) is 13.0. The topological polar surface area (TPSA) is 39.1 Å². The second-order valence-corrected chi connectivity index (χ2v) is 5.15. The van der Waals surface area contributed by atoms with E-state index in [2.05, 4.69) is 30.1 Å². The van der Waals surface area contributed by atoms with Crippen LogP contribution in [0.4, 0.5) is 0 Å². The summed E-state index contributed by atoms with van der Waals surface area (Å²) in [5.41, 5.74) is 1.12. The first kappa shape index (κ1) is 13.1. The van der Waals surface area contributed by atoms with Gasteiger partial charge in [0.05, 0.1) is 12.0 Å². The van der Waals surface area contributed by atoms with E-state index in [4.69, 9.17) is 0 Å². The van der Waals surface area contributed by atoms with Crippen molar-refractivity contribution < 1.29 is 0 Å². The van der Waals surface area contributed by atoms with Crippen molar-refractivity contribution in [3.8, 4) is 6.07 Å². The molecule has 0 saturated carbocycles. The summed E-state index contributed by atoms with van der Waals surface area (Å²) in [5.74, 6) is -0.0331. The highest BCUT2D eigenvalue weighted by molar-refractivity contribution is 5.25. The highest BCUT2D eigenvalue weighted by Gasteiger charge is 2.27. The number of hydrogen-bond acceptors (Lipinski definition) is 3. The van der Waals surface area contributed by atoms with Crippen LogP contribution >= 0.6 is 0 Å². The summed E-state index contributed by atoms with van der Waals surface area (Å²) >= 11 is 0. The molecule has 1 heterocycles. The Hall–Kier alpha value is -1.37. The van der Waals surface area contributed by atoms with Crippen LogP contribution in [0.2, 0.25) is 0 Å². The lowest BCUT2D eigenvalue weighted by Gasteiger charge is -2.40. The van der Waals surface area contributed by atoms with Crippen molar-refractivity contribution >= 4 is 0 Å². The fourth-order valence-corrected chi connectivity index (χ4v) is 2.65.